The van der Waals surface area contributed by atoms with Gasteiger partial charge >= 0.3 is 0 Å². The summed E-state index contributed by atoms with van der Waals surface area (Å²) >= 11 is 0. The van der Waals surface area contributed by atoms with Gasteiger partial charge < -0.3 is 14.6 Å². The third-order valence-corrected chi connectivity index (χ3v) is 2.62. The molecule has 0 bridgehead atoms. The first-order chi connectivity index (χ1) is 7.81. The average molecular weight is 216 g/mol. The molecule has 0 saturated carbocycles. The minimum Gasteiger partial charge on any atom is -0.495 e. The lowest BCUT2D eigenvalue weighted by molar-refractivity contribution is 0.416. The Bertz CT molecular complexity index is 462. The molecule has 0 aliphatic rings. The van der Waals surface area contributed by atoms with Crippen molar-refractivity contribution in [3.8, 4) is 5.75 Å². The Morgan fingerprint density at radius 3 is 2.69 bits per heavy atom. The molecule has 1 N–H and O–H groups in total. The number of rotatable bonds is 4. The molecule has 0 amide bonds. The van der Waals surface area contributed by atoms with Crippen molar-refractivity contribution in [1.29, 1.82) is 0 Å². The Morgan fingerprint density at radius 2 is 2.00 bits per heavy atom. The van der Waals surface area contributed by atoms with Crippen molar-refractivity contribution >= 4 is 5.69 Å². The molecule has 1 aromatic carbocycles. The lowest BCUT2D eigenvalue weighted by Crippen LogP contribution is -2.04. The normalized spacial score (nSPS) is 10.1. The van der Waals surface area contributed by atoms with Crippen molar-refractivity contribution in [1.82, 2.24) is 4.57 Å². The van der Waals surface area contributed by atoms with E-state index in [1.54, 1.807) is 7.11 Å². The third kappa shape index (κ3) is 2.19. The molecule has 0 aliphatic carbocycles. The maximum atomic E-state index is 5.28. The van der Waals surface area contributed by atoms with Crippen LogP contribution in [-0.4, -0.2) is 11.7 Å². The Labute approximate surface area is 95.7 Å². The molecule has 2 aromatic rings. The molecule has 84 valence electrons. The minimum absolute atomic E-state index is 0.796. The molecule has 2 rings (SSSR count). The first kappa shape index (κ1) is 10.6. The topological polar surface area (TPSA) is 26.2 Å². The number of aromatic nitrogens is 1. The van der Waals surface area contributed by atoms with Crippen LogP contribution in [0.15, 0.2) is 42.6 Å². The number of benzene rings is 1. The zero-order valence-electron chi connectivity index (χ0n) is 9.60. The Hall–Kier alpha value is -1.90. The molecule has 0 spiro atoms. The molecule has 0 saturated heterocycles. The highest BCUT2D eigenvalue weighted by Gasteiger charge is 2.01. The van der Waals surface area contributed by atoms with E-state index in [0.717, 1.165) is 18.0 Å². The highest BCUT2D eigenvalue weighted by Crippen LogP contribution is 2.23. The fourth-order valence-electron chi connectivity index (χ4n) is 1.66. The van der Waals surface area contributed by atoms with Gasteiger partial charge in [-0.15, -0.1) is 0 Å². The van der Waals surface area contributed by atoms with Crippen molar-refractivity contribution in [3.05, 3.63) is 48.3 Å². The van der Waals surface area contributed by atoms with E-state index in [4.69, 9.17) is 4.74 Å². The molecule has 0 fully saturated rings. The van der Waals surface area contributed by atoms with Crippen molar-refractivity contribution in [3.63, 3.8) is 0 Å². The minimum atomic E-state index is 0.796. The van der Waals surface area contributed by atoms with Crippen molar-refractivity contribution in [2.24, 2.45) is 7.05 Å². The van der Waals surface area contributed by atoms with Gasteiger partial charge in [0.2, 0.25) is 0 Å². The second-order valence-corrected chi connectivity index (χ2v) is 3.66. The molecule has 0 atom stereocenters. The standard InChI is InChI=1S/C13H16N2O/c1-15-9-5-6-11(15)10-14-12-7-3-4-8-13(12)16-2/h3-9,14H,10H2,1-2H3. The van der Waals surface area contributed by atoms with Crippen LogP contribution in [0.5, 0.6) is 5.75 Å². The number of anilines is 1. The highest BCUT2D eigenvalue weighted by atomic mass is 16.5. The summed E-state index contributed by atoms with van der Waals surface area (Å²) in [6, 6.07) is 12.1. The van der Waals surface area contributed by atoms with Crippen LogP contribution in [0, 0.1) is 0 Å². The molecule has 1 heterocycles. The SMILES string of the molecule is COc1ccccc1NCc1cccn1C. The number of hydrogen-bond donors (Lipinski definition) is 1. The smallest absolute Gasteiger partial charge is 0.141 e. The molecule has 16 heavy (non-hydrogen) atoms. The maximum absolute atomic E-state index is 5.28. The number of methoxy groups -OCH3 is 1. The average Bonchev–Trinajstić information content (AvgIpc) is 2.72. The summed E-state index contributed by atoms with van der Waals surface area (Å²) in [6.45, 7) is 0.796. The summed E-state index contributed by atoms with van der Waals surface area (Å²) in [7, 11) is 3.72. The second-order valence-electron chi connectivity index (χ2n) is 3.66. The van der Waals surface area contributed by atoms with Crippen LogP contribution in [0.4, 0.5) is 5.69 Å². The first-order valence-electron chi connectivity index (χ1n) is 5.28. The van der Waals surface area contributed by atoms with Gasteiger partial charge in [0, 0.05) is 18.9 Å². The van der Waals surface area contributed by atoms with Gasteiger partial charge in [0.15, 0.2) is 0 Å². The van der Waals surface area contributed by atoms with Gasteiger partial charge in [-0.1, -0.05) is 12.1 Å². The van der Waals surface area contributed by atoms with Crippen LogP contribution < -0.4 is 10.1 Å². The van der Waals surface area contributed by atoms with Crippen molar-refractivity contribution in [2.45, 2.75) is 6.54 Å². The molecule has 3 nitrogen and oxygen atoms in total. The number of nitrogens with one attached hydrogen (secondary N) is 1. The van der Waals surface area contributed by atoms with Crippen LogP contribution in [0.2, 0.25) is 0 Å². The highest BCUT2D eigenvalue weighted by molar-refractivity contribution is 5.56. The summed E-state index contributed by atoms with van der Waals surface area (Å²) in [5.41, 5.74) is 2.26. The zero-order chi connectivity index (χ0) is 11.4. The van der Waals surface area contributed by atoms with E-state index in [1.807, 2.05) is 43.6 Å². The van der Waals surface area contributed by atoms with E-state index in [2.05, 4.69) is 16.0 Å². The van der Waals surface area contributed by atoms with Crippen LogP contribution in [-0.2, 0) is 13.6 Å². The number of ether oxygens (including phenoxy) is 1. The maximum Gasteiger partial charge on any atom is 0.141 e. The predicted octanol–water partition coefficient (Wildman–Crippen LogP) is 2.65. The quantitative estimate of drug-likeness (QED) is 0.850. The lowest BCUT2D eigenvalue weighted by atomic mass is 10.3. The van der Waals surface area contributed by atoms with E-state index in [1.165, 1.54) is 5.69 Å². The molecular formula is C13H16N2O. The molecule has 0 radical (unpaired) electrons. The summed E-state index contributed by atoms with van der Waals surface area (Å²) in [4.78, 5) is 0. The van der Waals surface area contributed by atoms with Crippen molar-refractivity contribution < 1.29 is 4.74 Å². The monoisotopic (exact) mass is 216 g/mol. The van der Waals surface area contributed by atoms with Crippen LogP contribution in [0.25, 0.3) is 0 Å². The molecule has 1 aromatic heterocycles. The summed E-state index contributed by atoms with van der Waals surface area (Å²) in [5.74, 6) is 0.872. The molecule has 3 heteroatoms. The van der Waals surface area contributed by atoms with Crippen molar-refractivity contribution in [2.75, 3.05) is 12.4 Å². The van der Waals surface area contributed by atoms with Gasteiger partial charge in [-0.2, -0.15) is 0 Å². The fraction of sp³-hybridized carbons (Fsp3) is 0.231. The number of hydrogen-bond acceptors (Lipinski definition) is 2. The summed E-state index contributed by atoms with van der Waals surface area (Å²) < 4.78 is 7.38. The molecular weight excluding hydrogens is 200 g/mol. The zero-order valence-corrected chi connectivity index (χ0v) is 9.60. The fourth-order valence-corrected chi connectivity index (χ4v) is 1.66. The van der Waals surface area contributed by atoms with Gasteiger partial charge in [-0.25, -0.2) is 0 Å². The second kappa shape index (κ2) is 4.75. The molecule has 0 aliphatic heterocycles. The van der Waals surface area contributed by atoms with E-state index >= 15 is 0 Å². The Kier molecular flexibility index (Phi) is 3.15. The number of para-hydroxylation sites is 2. The first-order valence-corrected chi connectivity index (χ1v) is 5.28. The van der Waals surface area contributed by atoms with E-state index < -0.39 is 0 Å². The van der Waals surface area contributed by atoms with Crippen LogP contribution in [0.3, 0.4) is 0 Å². The lowest BCUT2D eigenvalue weighted by Gasteiger charge is -2.11. The molecule has 0 unspecified atom stereocenters. The van der Waals surface area contributed by atoms with Gasteiger partial charge in [-0.05, 0) is 24.3 Å². The van der Waals surface area contributed by atoms with E-state index in [9.17, 15) is 0 Å². The largest absolute Gasteiger partial charge is 0.495 e. The van der Waals surface area contributed by atoms with Crippen LogP contribution >= 0.6 is 0 Å². The van der Waals surface area contributed by atoms with Gasteiger partial charge in [0.05, 0.1) is 19.3 Å². The number of nitrogens with zero attached hydrogens (tertiary/aromatic N) is 1. The van der Waals surface area contributed by atoms with Gasteiger partial charge in [0.25, 0.3) is 0 Å². The Morgan fingerprint density at radius 1 is 1.19 bits per heavy atom. The van der Waals surface area contributed by atoms with E-state index in [0.29, 0.717) is 0 Å². The summed E-state index contributed by atoms with van der Waals surface area (Å²) in [5, 5.41) is 3.36. The number of aryl methyl sites for hydroxylation is 1. The van der Waals surface area contributed by atoms with Gasteiger partial charge in [0.1, 0.15) is 5.75 Å². The predicted molar refractivity (Wildman–Crippen MR) is 65.7 cm³/mol. The Balaban J connectivity index is 2.07. The van der Waals surface area contributed by atoms with Crippen LogP contribution in [0.1, 0.15) is 5.69 Å². The third-order valence-electron chi connectivity index (χ3n) is 2.62. The summed E-state index contributed by atoms with van der Waals surface area (Å²) in [6.07, 6.45) is 2.04. The van der Waals surface area contributed by atoms with E-state index in [-0.39, 0.29) is 0 Å². The van der Waals surface area contributed by atoms with Gasteiger partial charge in [-0.3, -0.25) is 0 Å².